The fourth-order valence-corrected chi connectivity index (χ4v) is 6.33. The Hall–Kier alpha value is -3.49. The van der Waals surface area contributed by atoms with Gasteiger partial charge in [0.2, 0.25) is 10.0 Å². The van der Waals surface area contributed by atoms with Crippen molar-refractivity contribution in [3.8, 4) is 5.75 Å². The molecule has 1 saturated heterocycles. The highest BCUT2D eigenvalue weighted by Gasteiger charge is 2.47. The van der Waals surface area contributed by atoms with Gasteiger partial charge < -0.3 is 20.1 Å². The first-order valence-electron chi connectivity index (χ1n) is 12.9. The number of sulfonamides is 1. The summed E-state index contributed by atoms with van der Waals surface area (Å²) in [6, 6.07) is 10.1. The second-order valence-electron chi connectivity index (χ2n) is 10.1. The monoisotopic (exact) mass is 596 g/mol. The number of carbonyl (C=O) groups is 2. The number of nitrogens with zero attached hydrogens (tertiary/aromatic N) is 3. The van der Waals surface area contributed by atoms with E-state index in [9.17, 15) is 31.2 Å². The summed E-state index contributed by atoms with van der Waals surface area (Å²) in [6.45, 7) is 2.00. The van der Waals surface area contributed by atoms with Crippen molar-refractivity contribution >= 4 is 27.7 Å². The number of alkyl halides is 3. The molecule has 2 aliphatic rings. The predicted molar refractivity (Wildman–Crippen MR) is 144 cm³/mol. The summed E-state index contributed by atoms with van der Waals surface area (Å²) in [6.07, 6.45) is -4.33. The van der Waals surface area contributed by atoms with Crippen molar-refractivity contribution in [1.82, 2.24) is 14.5 Å². The van der Waals surface area contributed by atoms with E-state index in [-0.39, 0.29) is 68.9 Å². The number of hydrogen-bond donors (Lipinski definition) is 2. The molecule has 222 valence electrons. The zero-order valence-corrected chi connectivity index (χ0v) is 23.4. The number of likely N-dealkylation sites (N-methyl/N-ethyl adjacent to an activating group) is 1. The molecule has 10 nitrogen and oxygen atoms in total. The molecule has 0 radical (unpaired) electrons. The number of aliphatic hydroxyl groups is 1. The molecule has 14 heteroatoms. The van der Waals surface area contributed by atoms with Crippen LogP contribution in [0, 0.1) is 6.92 Å². The highest BCUT2D eigenvalue weighted by Crippen LogP contribution is 2.33. The molecule has 2 amide bonds. The fraction of sp³-hybridized carbons (Fsp3) is 0.444. The van der Waals surface area contributed by atoms with E-state index in [2.05, 4.69) is 15.0 Å². The highest BCUT2D eigenvalue weighted by atomic mass is 32.2. The molecule has 4 rings (SSSR count). The number of benzene rings is 2. The zero-order chi connectivity index (χ0) is 30.0. The lowest BCUT2D eigenvalue weighted by Crippen LogP contribution is -2.50. The van der Waals surface area contributed by atoms with E-state index >= 15 is 0 Å². The third-order valence-corrected chi connectivity index (χ3v) is 9.16. The normalized spacial score (nSPS) is 17.3. The summed E-state index contributed by atoms with van der Waals surface area (Å²) in [7, 11) is -2.11. The minimum absolute atomic E-state index is 0.0777. The number of aliphatic imine (C=N–C) groups is 1. The van der Waals surface area contributed by atoms with Gasteiger partial charge in [-0.15, -0.1) is 13.2 Å². The van der Waals surface area contributed by atoms with E-state index < -0.39 is 27.7 Å². The van der Waals surface area contributed by atoms with Crippen molar-refractivity contribution in [2.45, 2.75) is 38.1 Å². The zero-order valence-electron chi connectivity index (χ0n) is 22.6. The number of amidine groups is 1. The number of aryl methyl sites for hydroxylation is 2. The van der Waals surface area contributed by atoms with Gasteiger partial charge in [0.05, 0.1) is 12.4 Å². The Morgan fingerprint density at radius 2 is 1.83 bits per heavy atom. The molecular weight excluding hydrogens is 565 g/mol. The molecule has 0 bridgehead atoms. The van der Waals surface area contributed by atoms with Crippen LogP contribution in [0.3, 0.4) is 0 Å². The Morgan fingerprint density at radius 1 is 1.17 bits per heavy atom. The summed E-state index contributed by atoms with van der Waals surface area (Å²) >= 11 is 0. The van der Waals surface area contributed by atoms with E-state index in [1.54, 1.807) is 25.2 Å². The quantitative estimate of drug-likeness (QED) is 0.457. The largest absolute Gasteiger partial charge is 0.573 e. The number of nitrogens with one attached hydrogen (secondary N) is 1. The maximum absolute atomic E-state index is 13.2. The van der Waals surface area contributed by atoms with Gasteiger partial charge in [-0.05, 0) is 73.7 Å². The van der Waals surface area contributed by atoms with Crippen LogP contribution in [0.2, 0.25) is 0 Å². The highest BCUT2D eigenvalue weighted by molar-refractivity contribution is 7.89. The number of aliphatic hydroxyl groups excluding tert-OH is 1. The maximum atomic E-state index is 13.2. The molecular formula is C27H31F3N4O6S. The number of piperidine rings is 1. The molecule has 0 aromatic heterocycles. The predicted octanol–water partition coefficient (Wildman–Crippen LogP) is 2.24. The van der Waals surface area contributed by atoms with Crippen LogP contribution < -0.4 is 10.1 Å². The van der Waals surface area contributed by atoms with Crippen LogP contribution in [0.25, 0.3) is 0 Å². The Bertz CT molecular complexity index is 1440. The van der Waals surface area contributed by atoms with Gasteiger partial charge in [-0.1, -0.05) is 6.07 Å². The fourth-order valence-electron chi connectivity index (χ4n) is 4.85. The molecule has 2 aromatic rings. The molecule has 0 unspecified atom stereocenters. The molecule has 41 heavy (non-hydrogen) atoms. The third kappa shape index (κ3) is 7.05. The Morgan fingerprint density at radius 3 is 2.44 bits per heavy atom. The number of hydrogen-bond acceptors (Lipinski definition) is 7. The van der Waals surface area contributed by atoms with Gasteiger partial charge in [0, 0.05) is 37.8 Å². The van der Waals surface area contributed by atoms with Crippen LogP contribution >= 0.6 is 0 Å². The number of carbonyl (C=O) groups excluding carboxylic acids is 2. The molecule has 2 N–H and O–H groups in total. The smallest absolute Gasteiger partial charge is 0.406 e. The van der Waals surface area contributed by atoms with Crippen LogP contribution in [0.15, 0.2) is 47.5 Å². The third-order valence-electron chi connectivity index (χ3n) is 7.29. The van der Waals surface area contributed by atoms with Crippen molar-refractivity contribution < 1.29 is 41.0 Å². The number of ether oxygens (including phenoxy) is 1. The Kier molecular flexibility index (Phi) is 8.76. The lowest BCUT2D eigenvalue weighted by atomic mass is 9.89. The topological polar surface area (TPSA) is 129 Å². The van der Waals surface area contributed by atoms with Gasteiger partial charge in [0.25, 0.3) is 11.8 Å². The van der Waals surface area contributed by atoms with Gasteiger partial charge in [0.1, 0.15) is 17.1 Å². The first-order chi connectivity index (χ1) is 19.2. The summed E-state index contributed by atoms with van der Waals surface area (Å²) < 4.78 is 68.8. The van der Waals surface area contributed by atoms with Crippen molar-refractivity contribution in [1.29, 1.82) is 0 Å². The van der Waals surface area contributed by atoms with Crippen molar-refractivity contribution in [3.05, 3.63) is 64.7 Å². The van der Waals surface area contributed by atoms with E-state index in [1.165, 1.54) is 21.3 Å². The van der Waals surface area contributed by atoms with Crippen LogP contribution in [-0.2, 0) is 21.2 Å². The lowest BCUT2D eigenvalue weighted by Gasteiger charge is -2.34. The average molecular weight is 597 g/mol. The van der Waals surface area contributed by atoms with Crippen LogP contribution in [0.1, 0.15) is 39.9 Å². The van der Waals surface area contributed by atoms with Crippen molar-refractivity contribution in [2.24, 2.45) is 4.99 Å². The standard InChI is InChI=1S/C27H31F3N4O6S/c1-18-3-4-21(24(36)33(2)14-15-35)17-20(18)9-16-41(38,39)34-12-10-26(11-13-34)25(37)31-23(32-26)19-5-7-22(8-6-19)40-27(28,29)30/h3-8,17,35H,9-16H2,1-2H3,(H,31,32,37). The van der Waals surface area contributed by atoms with E-state index in [0.717, 1.165) is 23.3 Å². The summed E-state index contributed by atoms with van der Waals surface area (Å²) in [4.78, 5) is 31.3. The summed E-state index contributed by atoms with van der Waals surface area (Å²) in [5.74, 6) is -1.03. The number of halogens is 3. The molecule has 1 spiro atoms. The van der Waals surface area contributed by atoms with Gasteiger partial charge in [-0.25, -0.2) is 12.7 Å². The Labute approximate surface area is 235 Å². The molecule has 2 aromatic carbocycles. The first-order valence-corrected chi connectivity index (χ1v) is 14.6. The molecule has 0 saturated carbocycles. The van der Waals surface area contributed by atoms with E-state index in [1.807, 2.05) is 6.92 Å². The second kappa shape index (κ2) is 11.8. The van der Waals surface area contributed by atoms with Crippen LogP contribution in [0.5, 0.6) is 5.75 Å². The van der Waals surface area contributed by atoms with Crippen molar-refractivity contribution in [2.75, 3.05) is 39.0 Å². The van der Waals surface area contributed by atoms with Gasteiger partial charge in [-0.3, -0.25) is 14.6 Å². The number of amides is 2. The van der Waals surface area contributed by atoms with Crippen LogP contribution in [0.4, 0.5) is 13.2 Å². The first kappa shape index (κ1) is 30.5. The summed E-state index contributed by atoms with van der Waals surface area (Å²) in [5, 5.41) is 11.8. The molecule has 0 aliphatic carbocycles. The van der Waals surface area contributed by atoms with Crippen molar-refractivity contribution in [3.63, 3.8) is 0 Å². The summed E-state index contributed by atoms with van der Waals surface area (Å²) in [5.41, 5.74) is 1.22. The number of rotatable bonds is 9. The Balaban J connectivity index is 1.39. The minimum Gasteiger partial charge on any atom is -0.406 e. The van der Waals surface area contributed by atoms with E-state index in [0.29, 0.717) is 11.1 Å². The molecule has 0 atom stereocenters. The second-order valence-corrected chi connectivity index (χ2v) is 12.2. The molecule has 1 fully saturated rings. The lowest BCUT2D eigenvalue weighted by molar-refractivity contribution is -0.274. The van der Waals surface area contributed by atoms with E-state index in [4.69, 9.17) is 5.11 Å². The molecule has 2 aliphatic heterocycles. The van der Waals surface area contributed by atoms with Gasteiger partial charge in [0.15, 0.2) is 0 Å². The molecule has 2 heterocycles. The van der Waals surface area contributed by atoms with Gasteiger partial charge in [-0.2, -0.15) is 0 Å². The average Bonchev–Trinajstić information content (AvgIpc) is 3.22. The van der Waals surface area contributed by atoms with Gasteiger partial charge >= 0.3 is 6.36 Å². The maximum Gasteiger partial charge on any atom is 0.573 e. The van der Waals surface area contributed by atoms with Crippen LogP contribution in [-0.4, -0.2) is 91.3 Å². The minimum atomic E-state index is -4.82. The SMILES string of the molecule is Cc1ccc(C(=O)N(C)CCO)cc1CCS(=O)(=O)N1CCC2(CC1)N=C(c1ccc(OC(F)(F)F)cc1)NC2=O.